The monoisotopic (exact) mass is 431 g/mol. The number of nitrogens with one attached hydrogen (secondary N) is 1. The molecule has 1 saturated carbocycles. The van der Waals surface area contributed by atoms with E-state index in [1.165, 1.54) is 39.8 Å². The molecule has 0 aliphatic heterocycles. The second-order valence-corrected chi connectivity index (χ2v) is 9.49. The maximum absolute atomic E-state index is 12.1. The van der Waals surface area contributed by atoms with Crippen LogP contribution in [0, 0.1) is 0 Å². The standard InChI is InChI=1S/C16H25N5O3S3/c1-4-21(5-2)14(24)10-26-16-19-18-15(27-16)25-9-13(23)20(3)8-12(22)17-11-6-7-11/h11H,4-10H2,1-3H3,(H,17,22). The van der Waals surface area contributed by atoms with Crippen molar-refractivity contribution >= 4 is 52.6 Å². The smallest absolute Gasteiger partial charge is 0.239 e. The van der Waals surface area contributed by atoms with Gasteiger partial charge in [-0.15, -0.1) is 10.2 Å². The van der Waals surface area contributed by atoms with Gasteiger partial charge in [-0.2, -0.15) is 0 Å². The van der Waals surface area contributed by atoms with Gasteiger partial charge >= 0.3 is 0 Å². The molecule has 1 aliphatic rings. The molecule has 1 heterocycles. The Kier molecular flexibility index (Phi) is 8.84. The molecule has 0 aromatic carbocycles. The van der Waals surface area contributed by atoms with Crippen molar-refractivity contribution < 1.29 is 14.4 Å². The lowest BCUT2D eigenvalue weighted by atomic mass is 10.5. The van der Waals surface area contributed by atoms with E-state index in [0.717, 1.165) is 12.8 Å². The number of rotatable bonds is 11. The first-order valence-electron chi connectivity index (χ1n) is 8.83. The first-order chi connectivity index (χ1) is 12.9. The van der Waals surface area contributed by atoms with Crippen molar-refractivity contribution in [3.63, 3.8) is 0 Å². The molecule has 150 valence electrons. The van der Waals surface area contributed by atoms with Gasteiger partial charge in [-0.25, -0.2) is 0 Å². The van der Waals surface area contributed by atoms with Gasteiger partial charge in [0.15, 0.2) is 8.68 Å². The summed E-state index contributed by atoms with van der Waals surface area (Å²) in [4.78, 5) is 39.1. The summed E-state index contributed by atoms with van der Waals surface area (Å²) >= 11 is 4.02. The third-order valence-electron chi connectivity index (χ3n) is 3.89. The fourth-order valence-corrected chi connectivity index (χ4v) is 5.01. The van der Waals surface area contributed by atoms with Crippen molar-refractivity contribution in [3.05, 3.63) is 0 Å². The van der Waals surface area contributed by atoms with E-state index in [0.29, 0.717) is 33.6 Å². The lowest BCUT2D eigenvalue weighted by Gasteiger charge is -2.17. The van der Waals surface area contributed by atoms with Gasteiger partial charge in [0, 0.05) is 26.2 Å². The van der Waals surface area contributed by atoms with Crippen LogP contribution in [-0.4, -0.2) is 81.9 Å². The molecule has 0 atom stereocenters. The number of amides is 3. The number of carbonyl (C=O) groups excluding carboxylic acids is 3. The Bertz CT molecular complexity index is 661. The maximum Gasteiger partial charge on any atom is 0.239 e. The zero-order valence-corrected chi connectivity index (χ0v) is 18.2. The van der Waals surface area contributed by atoms with Crippen LogP contribution in [0.3, 0.4) is 0 Å². The fourth-order valence-electron chi connectivity index (χ4n) is 2.14. The molecule has 0 spiro atoms. The number of likely N-dealkylation sites (N-methyl/N-ethyl adjacent to an activating group) is 1. The second-order valence-electron chi connectivity index (χ2n) is 6.07. The molecule has 3 amide bonds. The molecule has 8 nitrogen and oxygen atoms in total. The normalized spacial score (nSPS) is 13.3. The van der Waals surface area contributed by atoms with E-state index in [-0.39, 0.29) is 30.0 Å². The van der Waals surface area contributed by atoms with Crippen LogP contribution < -0.4 is 5.32 Å². The summed E-state index contributed by atoms with van der Waals surface area (Å²) < 4.78 is 1.39. The summed E-state index contributed by atoms with van der Waals surface area (Å²) in [7, 11) is 1.62. The van der Waals surface area contributed by atoms with Crippen molar-refractivity contribution in [3.8, 4) is 0 Å². The Hall–Kier alpha value is -1.33. The number of hydrogen-bond donors (Lipinski definition) is 1. The number of nitrogens with zero attached hydrogens (tertiary/aromatic N) is 4. The van der Waals surface area contributed by atoms with Gasteiger partial charge in [0.1, 0.15) is 0 Å². The highest BCUT2D eigenvalue weighted by Gasteiger charge is 2.24. The van der Waals surface area contributed by atoms with E-state index >= 15 is 0 Å². The number of carbonyl (C=O) groups is 3. The van der Waals surface area contributed by atoms with E-state index in [4.69, 9.17) is 0 Å². The van der Waals surface area contributed by atoms with Crippen LogP contribution in [-0.2, 0) is 14.4 Å². The van der Waals surface area contributed by atoms with Gasteiger partial charge in [-0.1, -0.05) is 34.9 Å². The number of thioether (sulfide) groups is 2. The lowest BCUT2D eigenvalue weighted by molar-refractivity contribution is -0.132. The van der Waals surface area contributed by atoms with Gasteiger partial charge in [0.2, 0.25) is 17.7 Å². The predicted octanol–water partition coefficient (Wildman–Crippen LogP) is 1.33. The molecule has 0 saturated heterocycles. The predicted molar refractivity (Wildman–Crippen MR) is 108 cm³/mol. The van der Waals surface area contributed by atoms with Crippen LogP contribution in [0.5, 0.6) is 0 Å². The SMILES string of the molecule is CCN(CC)C(=O)CSc1nnc(SCC(=O)N(C)CC(=O)NC2CC2)s1. The summed E-state index contributed by atoms with van der Waals surface area (Å²) in [6.07, 6.45) is 2.05. The molecule has 0 bridgehead atoms. The van der Waals surface area contributed by atoms with Crippen LogP contribution in [0.2, 0.25) is 0 Å². The van der Waals surface area contributed by atoms with Crippen LogP contribution >= 0.6 is 34.9 Å². The summed E-state index contributed by atoms with van der Waals surface area (Å²) in [6.45, 7) is 5.37. The zero-order valence-electron chi connectivity index (χ0n) is 15.8. The molecule has 1 aromatic rings. The third-order valence-corrected chi connectivity index (χ3v) is 7.05. The minimum Gasteiger partial charge on any atom is -0.352 e. The van der Waals surface area contributed by atoms with Gasteiger partial charge in [-0.3, -0.25) is 14.4 Å². The third kappa shape index (κ3) is 7.67. The van der Waals surface area contributed by atoms with Crippen molar-refractivity contribution in [2.24, 2.45) is 0 Å². The van der Waals surface area contributed by atoms with Crippen molar-refractivity contribution in [1.29, 1.82) is 0 Å². The van der Waals surface area contributed by atoms with Gasteiger partial charge in [0.05, 0.1) is 18.1 Å². The minimum absolute atomic E-state index is 0.0700. The van der Waals surface area contributed by atoms with Crippen LogP contribution in [0.1, 0.15) is 26.7 Å². The van der Waals surface area contributed by atoms with Crippen molar-refractivity contribution in [1.82, 2.24) is 25.3 Å². The van der Waals surface area contributed by atoms with Gasteiger partial charge < -0.3 is 15.1 Å². The van der Waals surface area contributed by atoms with Crippen LogP contribution in [0.4, 0.5) is 0 Å². The molecule has 1 N–H and O–H groups in total. The quantitative estimate of drug-likeness (QED) is 0.528. The van der Waals surface area contributed by atoms with Crippen molar-refractivity contribution in [2.45, 2.75) is 41.4 Å². The summed E-state index contributed by atoms with van der Waals surface area (Å²) in [5, 5.41) is 11.0. The molecule has 2 rings (SSSR count). The molecule has 0 radical (unpaired) electrons. The largest absolute Gasteiger partial charge is 0.352 e. The Balaban J connectivity index is 1.70. The lowest BCUT2D eigenvalue weighted by Crippen LogP contribution is -2.39. The second kappa shape index (κ2) is 10.9. The van der Waals surface area contributed by atoms with E-state index < -0.39 is 0 Å². The molecule has 1 aromatic heterocycles. The average molecular weight is 432 g/mol. The molecule has 27 heavy (non-hydrogen) atoms. The Morgan fingerprint density at radius 1 is 1.07 bits per heavy atom. The van der Waals surface area contributed by atoms with Gasteiger partial charge in [0.25, 0.3) is 0 Å². The fraction of sp³-hybridized carbons (Fsp3) is 0.688. The highest BCUT2D eigenvalue weighted by atomic mass is 32.2. The Morgan fingerprint density at radius 2 is 1.63 bits per heavy atom. The summed E-state index contributed by atoms with van der Waals surface area (Å²) in [5.74, 6) is 0.359. The maximum atomic E-state index is 12.1. The molecule has 1 aliphatic carbocycles. The van der Waals surface area contributed by atoms with E-state index in [1.807, 2.05) is 13.8 Å². The molecular formula is C16H25N5O3S3. The Labute approximate surface area is 171 Å². The van der Waals surface area contributed by atoms with Crippen LogP contribution in [0.25, 0.3) is 0 Å². The van der Waals surface area contributed by atoms with E-state index in [9.17, 15) is 14.4 Å². The van der Waals surface area contributed by atoms with E-state index in [2.05, 4.69) is 15.5 Å². The number of hydrogen-bond acceptors (Lipinski definition) is 8. The van der Waals surface area contributed by atoms with Crippen molar-refractivity contribution in [2.75, 3.05) is 38.2 Å². The molecule has 11 heteroatoms. The zero-order chi connectivity index (χ0) is 19.8. The Morgan fingerprint density at radius 3 is 2.15 bits per heavy atom. The highest BCUT2D eigenvalue weighted by Crippen LogP contribution is 2.29. The molecule has 0 unspecified atom stereocenters. The minimum atomic E-state index is -0.132. The molecule has 1 fully saturated rings. The summed E-state index contributed by atoms with van der Waals surface area (Å²) in [5.41, 5.74) is 0. The average Bonchev–Trinajstić information content (AvgIpc) is 3.33. The topological polar surface area (TPSA) is 95.5 Å². The highest BCUT2D eigenvalue weighted by molar-refractivity contribution is 8.03. The number of aromatic nitrogens is 2. The first kappa shape index (κ1) is 22.0. The summed E-state index contributed by atoms with van der Waals surface area (Å²) in [6, 6.07) is 0.293. The van der Waals surface area contributed by atoms with Crippen LogP contribution in [0.15, 0.2) is 8.68 Å². The molecular weight excluding hydrogens is 406 g/mol. The van der Waals surface area contributed by atoms with Gasteiger partial charge in [-0.05, 0) is 26.7 Å². The van der Waals surface area contributed by atoms with E-state index in [1.54, 1.807) is 11.9 Å². The first-order valence-corrected chi connectivity index (χ1v) is 11.6.